The molecule has 0 saturated carbocycles. The highest BCUT2D eigenvalue weighted by atomic mass is 32.1. The van der Waals surface area contributed by atoms with Gasteiger partial charge < -0.3 is 10.5 Å². The summed E-state index contributed by atoms with van der Waals surface area (Å²) < 4.78 is 4.75. The minimum absolute atomic E-state index is 0.317. The van der Waals surface area contributed by atoms with Crippen LogP contribution in [0.4, 0.5) is 0 Å². The van der Waals surface area contributed by atoms with Crippen LogP contribution in [0.2, 0.25) is 0 Å². The van der Waals surface area contributed by atoms with Gasteiger partial charge in [0.15, 0.2) is 0 Å². The second-order valence-electron chi connectivity index (χ2n) is 2.04. The van der Waals surface area contributed by atoms with E-state index in [1.165, 1.54) is 11.3 Å². The van der Waals surface area contributed by atoms with E-state index in [0.29, 0.717) is 5.88 Å². The van der Waals surface area contributed by atoms with Gasteiger partial charge in [0, 0.05) is 0 Å². The molecule has 0 saturated heterocycles. The highest BCUT2D eigenvalue weighted by molar-refractivity contribution is 7.07. The highest BCUT2D eigenvalue weighted by Gasteiger charge is 2.10. The molecule has 2 N–H and O–H groups in total. The minimum Gasteiger partial charge on any atom is -0.405 e. The predicted molar refractivity (Wildman–Crippen MR) is 41.4 cm³/mol. The third-order valence-electron chi connectivity index (χ3n) is 0.987. The highest BCUT2D eigenvalue weighted by Crippen LogP contribution is 2.09. The van der Waals surface area contributed by atoms with Crippen LogP contribution >= 0.6 is 11.3 Å². The van der Waals surface area contributed by atoms with Crippen LogP contribution in [-0.2, 0) is 4.79 Å². The molecule has 11 heavy (non-hydrogen) atoms. The Labute approximate surface area is 68.0 Å². The Kier molecular flexibility index (Phi) is 2.56. The Morgan fingerprint density at radius 3 is 3.09 bits per heavy atom. The first kappa shape index (κ1) is 8.16. The zero-order valence-corrected chi connectivity index (χ0v) is 6.80. The molecule has 4 nitrogen and oxygen atoms in total. The molecule has 1 atom stereocenters. The fourth-order valence-electron chi connectivity index (χ4n) is 0.448. The molecule has 5 heteroatoms. The van der Waals surface area contributed by atoms with Gasteiger partial charge in [0.25, 0.3) is 0 Å². The molecule has 0 amide bonds. The fourth-order valence-corrected chi connectivity index (χ4v) is 0.899. The van der Waals surface area contributed by atoms with E-state index in [2.05, 4.69) is 4.98 Å². The Morgan fingerprint density at radius 1 is 1.91 bits per heavy atom. The molecule has 0 aliphatic heterocycles. The standard InChI is InChI=1S/C6H8N2O2S/c1-4(7)6(9)10-5-2-11-3-8-5/h2-4H,7H2,1H3/t4-/m0/s1. The molecule has 60 valence electrons. The monoisotopic (exact) mass is 172 g/mol. The Balaban J connectivity index is 2.50. The maximum absolute atomic E-state index is 10.8. The maximum atomic E-state index is 10.8. The van der Waals surface area contributed by atoms with Crippen molar-refractivity contribution in [3.8, 4) is 5.88 Å². The molecule has 1 aromatic rings. The Morgan fingerprint density at radius 2 is 2.64 bits per heavy atom. The molecule has 1 heterocycles. The lowest BCUT2D eigenvalue weighted by molar-refractivity contribution is -0.135. The number of nitrogens with zero attached hydrogens (tertiary/aromatic N) is 1. The van der Waals surface area contributed by atoms with E-state index in [9.17, 15) is 4.79 Å². The van der Waals surface area contributed by atoms with Gasteiger partial charge in [0.05, 0.1) is 10.9 Å². The normalized spacial score (nSPS) is 12.5. The van der Waals surface area contributed by atoms with Crippen LogP contribution in [0.25, 0.3) is 0 Å². The van der Waals surface area contributed by atoms with Gasteiger partial charge in [-0.2, -0.15) is 0 Å². The molecule has 0 radical (unpaired) electrons. The zero-order valence-electron chi connectivity index (χ0n) is 5.98. The van der Waals surface area contributed by atoms with Crippen LogP contribution < -0.4 is 10.5 Å². The lowest BCUT2D eigenvalue weighted by Gasteiger charge is -2.01. The van der Waals surface area contributed by atoms with Gasteiger partial charge in [-0.3, -0.25) is 0 Å². The molecule has 1 aromatic heterocycles. The topological polar surface area (TPSA) is 65.2 Å². The Hall–Kier alpha value is -0.940. The van der Waals surface area contributed by atoms with Crippen LogP contribution in [-0.4, -0.2) is 17.0 Å². The van der Waals surface area contributed by atoms with Crippen molar-refractivity contribution in [3.05, 3.63) is 10.9 Å². The summed E-state index contributed by atoms with van der Waals surface area (Å²) >= 11 is 1.36. The average molecular weight is 172 g/mol. The second-order valence-corrected chi connectivity index (χ2v) is 2.76. The maximum Gasteiger partial charge on any atom is 0.329 e. The van der Waals surface area contributed by atoms with Gasteiger partial charge in [-0.1, -0.05) is 0 Å². The van der Waals surface area contributed by atoms with Crippen molar-refractivity contribution in [2.45, 2.75) is 13.0 Å². The van der Waals surface area contributed by atoms with Gasteiger partial charge in [-0.15, -0.1) is 11.3 Å². The second kappa shape index (κ2) is 3.45. The summed E-state index contributed by atoms with van der Waals surface area (Å²) in [7, 11) is 0. The summed E-state index contributed by atoms with van der Waals surface area (Å²) in [5.41, 5.74) is 6.84. The van der Waals surface area contributed by atoms with E-state index < -0.39 is 12.0 Å². The van der Waals surface area contributed by atoms with E-state index >= 15 is 0 Å². The number of aromatic nitrogens is 1. The molecular weight excluding hydrogens is 164 g/mol. The summed E-state index contributed by atoms with van der Waals surface area (Å²) in [4.78, 5) is 14.6. The largest absolute Gasteiger partial charge is 0.405 e. The first-order chi connectivity index (χ1) is 5.20. The zero-order chi connectivity index (χ0) is 8.27. The average Bonchev–Trinajstić information content (AvgIpc) is 2.39. The fraction of sp³-hybridized carbons (Fsp3) is 0.333. The van der Waals surface area contributed by atoms with Crippen molar-refractivity contribution in [3.63, 3.8) is 0 Å². The number of hydrogen-bond acceptors (Lipinski definition) is 5. The van der Waals surface area contributed by atoms with E-state index in [0.717, 1.165) is 0 Å². The van der Waals surface area contributed by atoms with Gasteiger partial charge in [-0.05, 0) is 6.92 Å². The number of carbonyl (C=O) groups is 1. The van der Waals surface area contributed by atoms with Crippen molar-refractivity contribution in [2.24, 2.45) is 5.73 Å². The van der Waals surface area contributed by atoms with Crippen molar-refractivity contribution in [1.82, 2.24) is 4.98 Å². The van der Waals surface area contributed by atoms with Crippen molar-refractivity contribution < 1.29 is 9.53 Å². The number of carbonyl (C=O) groups excluding carboxylic acids is 1. The quantitative estimate of drug-likeness (QED) is 0.655. The summed E-state index contributed by atoms with van der Waals surface area (Å²) in [6.07, 6.45) is 0. The molecule has 0 aliphatic rings. The number of ether oxygens (including phenoxy) is 1. The summed E-state index contributed by atoms with van der Waals surface area (Å²) in [5, 5.41) is 1.64. The number of nitrogens with two attached hydrogens (primary N) is 1. The lowest BCUT2D eigenvalue weighted by atomic mass is 10.4. The number of thiazole rings is 1. The summed E-state index contributed by atoms with van der Waals surface area (Å²) in [5.74, 6) is -0.145. The molecule has 0 unspecified atom stereocenters. The number of rotatable bonds is 2. The minimum atomic E-state index is -0.600. The van der Waals surface area contributed by atoms with Crippen molar-refractivity contribution >= 4 is 17.3 Å². The van der Waals surface area contributed by atoms with Crippen LogP contribution in [0.3, 0.4) is 0 Å². The van der Waals surface area contributed by atoms with Gasteiger partial charge >= 0.3 is 5.97 Å². The molecule has 0 aliphatic carbocycles. The Bertz CT molecular complexity index is 233. The van der Waals surface area contributed by atoms with E-state index in [1.807, 2.05) is 0 Å². The third-order valence-corrected chi connectivity index (χ3v) is 1.55. The predicted octanol–water partition coefficient (Wildman–Crippen LogP) is 0.396. The molecule has 0 spiro atoms. The van der Waals surface area contributed by atoms with Crippen molar-refractivity contribution in [1.29, 1.82) is 0 Å². The van der Waals surface area contributed by atoms with Gasteiger partial charge in [0.2, 0.25) is 5.88 Å². The lowest BCUT2D eigenvalue weighted by Crippen LogP contribution is -2.30. The van der Waals surface area contributed by atoms with Gasteiger partial charge in [0.1, 0.15) is 6.04 Å². The first-order valence-electron chi connectivity index (χ1n) is 3.05. The molecular formula is C6H8N2O2S. The molecule has 1 rings (SSSR count). The molecule has 0 bridgehead atoms. The van der Waals surface area contributed by atoms with E-state index in [1.54, 1.807) is 17.8 Å². The third kappa shape index (κ3) is 2.28. The molecule has 0 aromatic carbocycles. The molecule has 0 fully saturated rings. The summed E-state index contributed by atoms with van der Waals surface area (Å²) in [6.45, 7) is 1.56. The van der Waals surface area contributed by atoms with E-state index in [-0.39, 0.29) is 0 Å². The van der Waals surface area contributed by atoms with E-state index in [4.69, 9.17) is 10.5 Å². The SMILES string of the molecule is C[C@H](N)C(=O)Oc1cscn1. The number of hydrogen-bond donors (Lipinski definition) is 1. The van der Waals surface area contributed by atoms with Crippen LogP contribution in [0, 0.1) is 0 Å². The van der Waals surface area contributed by atoms with Crippen molar-refractivity contribution in [2.75, 3.05) is 0 Å². The first-order valence-corrected chi connectivity index (χ1v) is 4.00. The number of esters is 1. The van der Waals surface area contributed by atoms with Crippen LogP contribution in [0.1, 0.15) is 6.92 Å². The van der Waals surface area contributed by atoms with Gasteiger partial charge in [-0.25, -0.2) is 9.78 Å². The summed E-state index contributed by atoms with van der Waals surface area (Å²) in [6, 6.07) is -0.600. The smallest absolute Gasteiger partial charge is 0.329 e. The van der Waals surface area contributed by atoms with Crippen LogP contribution in [0.15, 0.2) is 10.9 Å². The van der Waals surface area contributed by atoms with Crippen LogP contribution in [0.5, 0.6) is 5.88 Å².